The van der Waals surface area contributed by atoms with Crippen LogP contribution in [-0.4, -0.2) is 94.6 Å². The van der Waals surface area contributed by atoms with Crippen molar-refractivity contribution in [3.63, 3.8) is 0 Å². The van der Waals surface area contributed by atoms with Crippen molar-refractivity contribution in [2.45, 2.75) is 43.7 Å². The van der Waals surface area contributed by atoms with Crippen molar-refractivity contribution in [3.05, 3.63) is 91.8 Å². The molecule has 46 heavy (non-hydrogen) atoms. The fourth-order valence-corrected chi connectivity index (χ4v) is 7.34. The van der Waals surface area contributed by atoms with E-state index < -0.39 is 0 Å². The number of piperazine rings is 1. The molecule has 3 atom stereocenters. The van der Waals surface area contributed by atoms with E-state index in [0.29, 0.717) is 41.7 Å². The predicted molar refractivity (Wildman–Crippen MR) is 179 cm³/mol. The normalized spacial score (nSPS) is 22.8. The summed E-state index contributed by atoms with van der Waals surface area (Å²) >= 11 is 3.42. The van der Waals surface area contributed by atoms with E-state index in [2.05, 4.69) is 72.8 Å². The maximum Gasteiger partial charge on any atom is 0.282 e. The zero-order valence-corrected chi connectivity index (χ0v) is 27.8. The molecule has 3 aliphatic heterocycles. The van der Waals surface area contributed by atoms with Gasteiger partial charge >= 0.3 is 0 Å². The third-order valence-corrected chi connectivity index (χ3v) is 10.1. The molecule has 3 saturated heterocycles. The minimum atomic E-state index is -0.290. The van der Waals surface area contributed by atoms with Gasteiger partial charge in [-0.15, -0.1) is 0 Å². The Morgan fingerprint density at radius 2 is 1.76 bits per heavy atom. The van der Waals surface area contributed by atoms with E-state index in [1.54, 1.807) is 13.2 Å². The molecule has 1 aromatic heterocycles. The zero-order chi connectivity index (χ0) is 32.4. The summed E-state index contributed by atoms with van der Waals surface area (Å²) < 4.78 is 1.79. The highest BCUT2D eigenvalue weighted by atomic mass is 79.9. The first-order valence-electron chi connectivity index (χ1n) is 15.9. The second-order valence-electron chi connectivity index (χ2n) is 12.7. The third-order valence-electron chi connectivity index (χ3n) is 9.36. The standard InChI is InChI=1S/C34H40BrN7O4/c1-39-20-26(17-27(21-39)37-29-18-36-40(2)34(46)31(29)35)23-6-8-24(9-7-23)33(45)42-14-12-41(13-15-42)19-22-4-3-5-25(16-22)28-10-11-30(43)38-32(28)44/h3-9,16,18,26-28,37H,10-15,17,19-21H2,1-2H3,(H,38,43,44)/t26-,27+,28?/m0/s1. The van der Waals surface area contributed by atoms with Crippen LogP contribution in [0.1, 0.15) is 58.1 Å². The van der Waals surface area contributed by atoms with Crippen molar-refractivity contribution < 1.29 is 14.4 Å². The Balaban J connectivity index is 1.02. The molecule has 6 rings (SSSR count). The maximum absolute atomic E-state index is 13.4. The van der Waals surface area contributed by atoms with Crippen LogP contribution in [0, 0.1) is 0 Å². The molecule has 0 saturated carbocycles. The first kappa shape index (κ1) is 32.1. The van der Waals surface area contributed by atoms with Crippen LogP contribution in [0.2, 0.25) is 0 Å². The first-order chi connectivity index (χ1) is 22.1. The van der Waals surface area contributed by atoms with Gasteiger partial charge in [0.25, 0.3) is 11.5 Å². The number of nitrogens with zero attached hydrogens (tertiary/aromatic N) is 5. The van der Waals surface area contributed by atoms with E-state index in [1.165, 1.54) is 10.2 Å². The number of anilines is 1. The van der Waals surface area contributed by atoms with Crippen LogP contribution < -0.4 is 16.2 Å². The maximum atomic E-state index is 13.4. The van der Waals surface area contributed by atoms with Crippen LogP contribution >= 0.6 is 15.9 Å². The predicted octanol–water partition coefficient (Wildman–Crippen LogP) is 2.92. The average molecular weight is 691 g/mol. The Kier molecular flexibility index (Phi) is 9.67. The smallest absolute Gasteiger partial charge is 0.282 e. The summed E-state index contributed by atoms with van der Waals surface area (Å²) in [5, 5.41) is 10.1. The number of aromatic nitrogens is 2. The van der Waals surface area contributed by atoms with E-state index in [-0.39, 0.29) is 41.2 Å². The molecule has 1 unspecified atom stereocenters. The molecule has 3 amide bonds. The minimum Gasteiger partial charge on any atom is -0.379 e. The molecule has 2 N–H and O–H groups in total. The summed E-state index contributed by atoms with van der Waals surface area (Å²) in [5.41, 5.74) is 4.48. The van der Waals surface area contributed by atoms with Crippen LogP contribution in [0.5, 0.6) is 0 Å². The Morgan fingerprint density at radius 3 is 2.50 bits per heavy atom. The average Bonchev–Trinajstić information content (AvgIpc) is 3.05. The van der Waals surface area contributed by atoms with Crippen molar-refractivity contribution in [3.8, 4) is 0 Å². The molecule has 0 bridgehead atoms. The second kappa shape index (κ2) is 13.9. The lowest BCUT2D eigenvalue weighted by molar-refractivity contribution is -0.134. The van der Waals surface area contributed by atoms with Gasteiger partial charge in [0.2, 0.25) is 11.8 Å². The van der Waals surface area contributed by atoms with Crippen molar-refractivity contribution in [1.29, 1.82) is 0 Å². The number of carbonyl (C=O) groups is 3. The lowest BCUT2D eigenvalue weighted by Crippen LogP contribution is -2.48. The molecule has 2 aromatic carbocycles. The zero-order valence-electron chi connectivity index (χ0n) is 26.2. The monoisotopic (exact) mass is 689 g/mol. The molecule has 12 heteroatoms. The summed E-state index contributed by atoms with van der Waals surface area (Å²) in [6.07, 6.45) is 3.48. The number of likely N-dealkylation sites (N-methyl/N-ethyl adjacent to an activating group) is 1. The topological polar surface area (TPSA) is 120 Å². The van der Waals surface area contributed by atoms with Crippen molar-refractivity contribution >= 4 is 39.3 Å². The molecule has 3 fully saturated rings. The van der Waals surface area contributed by atoms with Gasteiger partial charge in [-0.3, -0.25) is 29.4 Å². The molecule has 4 heterocycles. The minimum absolute atomic E-state index is 0.0503. The molecule has 11 nitrogen and oxygen atoms in total. The number of hydrogen-bond donors (Lipinski definition) is 2. The lowest BCUT2D eigenvalue weighted by Gasteiger charge is -2.37. The number of nitrogens with one attached hydrogen (secondary N) is 2. The summed E-state index contributed by atoms with van der Waals surface area (Å²) in [6, 6.07) is 16.3. The summed E-state index contributed by atoms with van der Waals surface area (Å²) in [4.78, 5) is 56.1. The molecular formula is C34H40BrN7O4. The summed E-state index contributed by atoms with van der Waals surface area (Å²) in [7, 11) is 3.73. The summed E-state index contributed by atoms with van der Waals surface area (Å²) in [5.74, 6) is -0.373. The highest BCUT2D eigenvalue weighted by molar-refractivity contribution is 9.10. The molecule has 3 aromatic rings. The number of piperidine rings is 2. The first-order valence-corrected chi connectivity index (χ1v) is 16.6. The largest absolute Gasteiger partial charge is 0.379 e. The van der Waals surface area contributed by atoms with Gasteiger partial charge in [0.15, 0.2) is 0 Å². The fraction of sp³-hybridized carbons (Fsp3) is 0.441. The lowest BCUT2D eigenvalue weighted by atomic mass is 9.87. The van der Waals surface area contributed by atoms with E-state index >= 15 is 0 Å². The quantitative estimate of drug-likeness (QED) is 0.364. The number of hydrogen-bond acceptors (Lipinski definition) is 8. The SMILES string of the molecule is CN1C[C@H](Nc2cnn(C)c(=O)c2Br)C[C@H](c2ccc(C(=O)N3CCN(Cc4cccc(C5CCC(=O)NC5=O)c4)CC3)cc2)C1. The van der Waals surface area contributed by atoms with Crippen LogP contribution in [0.15, 0.2) is 64.0 Å². The van der Waals surface area contributed by atoms with Gasteiger partial charge in [-0.1, -0.05) is 36.4 Å². The molecule has 0 radical (unpaired) electrons. The van der Waals surface area contributed by atoms with Gasteiger partial charge in [-0.2, -0.15) is 5.10 Å². The van der Waals surface area contributed by atoms with Crippen molar-refractivity contribution in [2.75, 3.05) is 51.6 Å². The van der Waals surface area contributed by atoms with Gasteiger partial charge < -0.3 is 15.1 Å². The molecule has 242 valence electrons. The number of rotatable bonds is 7. The number of amides is 3. The van der Waals surface area contributed by atoms with Crippen LogP contribution in [0.4, 0.5) is 5.69 Å². The van der Waals surface area contributed by atoms with E-state index in [4.69, 9.17) is 0 Å². The third kappa shape index (κ3) is 7.24. The van der Waals surface area contributed by atoms with E-state index in [9.17, 15) is 19.2 Å². The van der Waals surface area contributed by atoms with Gasteiger partial charge in [-0.25, -0.2) is 4.68 Å². The van der Waals surface area contributed by atoms with E-state index in [1.807, 2.05) is 29.2 Å². The Morgan fingerprint density at radius 1 is 1.00 bits per heavy atom. The number of benzene rings is 2. The molecule has 3 aliphatic rings. The molecule has 0 spiro atoms. The number of halogens is 1. The Labute approximate surface area is 277 Å². The van der Waals surface area contributed by atoms with E-state index in [0.717, 1.165) is 50.3 Å². The van der Waals surface area contributed by atoms with Crippen LogP contribution in [-0.2, 0) is 23.2 Å². The number of likely N-dealkylation sites (tertiary alicyclic amines) is 1. The number of imide groups is 1. The van der Waals surface area contributed by atoms with Gasteiger partial charge in [0.1, 0.15) is 4.47 Å². The number of aryl methyl sites for hydroxylation is 1. The Bertz CT molecular complexity index is 1670. The Hall–Kier alpha value is -3.87. The van der Waals surface area contributed by atoms with Crippen LogP contribution in [0.25, 0.3) is 0 Å². The van der Waals surface area contributed by atoms with Gasteiger partial charge in [0.05, 0.1) is 17.8 Å². The molecular weight excluding hydrogens is 650 g/mol. The number of carbonyl (C=O) groups excluding carboxylic acids is 3. The highest BCUT2D eigenvalue weighted by Crippen LogP contribution is 2.30. The van der Waals surface area contributed by atoms with Crippen molar-refractivity contribution in [1.82, 2.24) is 29.8 Å². The second-order valence-corrected chi connectivity index (χ2v) is 13.5. The van der Waals surface area contributed by atoms with Crippen molar-refractivity contribution in [2.24, 2.45) is 7.05 Å². The van der Waals surface area contributed by atoms with Gasteiger partial charge in [-0.05, 0) is 70.6 Å². The highest BCUT2D eigenvalue weighted by Gasteiger charge is 2.30. The fourth-order valence-electron chi connectivity index (χ4n) is 6.86. The molecule has 0 aliphatic carbocycles. The summed E-state index contributed by atoms with van der Waals surface area (Å²) in [6.45, 7) is 5.37. The van der Waals surface area contributed by atoms with Crippen LogP contribution in [0.3, 0.4) is 0 Å². The van der Waals surface area contributed by atoms with Gasteiger partial charge in [0, 0.05) is 70.9 Å².